The molecule has 1 aromatic carbocycles. The Bertz CT molecular complexity index is 529. The second kappa shape index (κ2) is 5.19. The van der Waals surface area contributed by atoms with Crippen molar-refractivity contribution < 1.29 is 17.5 Å². The zero-order chi connectivity index (χ0) is 13.2. The number of benzene rings is 1. The Morgan fingerprint density at radius 3 is 2.61 bits per heavy atom. The lowest BCUT2D eigenvalue weighted by atomic mass is 10.3. The third kappa shape index (κ3) is 2.96. The monoisotopic (exact) mass is 275 g/mol. The molecule has 0 unspecified atom stereocenters. The topological polar surface area (TPSA) is 84.7 Å². The molecule has 0 saturated carbocycles. The molecular weight excluding hydrogens is 261 g/mol. The third-order valence-corrected chi connectivity index (χ3v) is 3.91. The number of hydrogen-bond acceptors (Lipinski definition) is 5. The van der Waals surface area contributed by atoms with Gasteiger partial charge in [-0.05, 0) is 18.2 Å². The van der Waals surface area contributed by atoms with Crippen molar-refractivity contribution >= 4 is 15.7 Å². The van der Waals surface area contributed by atoms with Crippen LogP contribution in [0.4, 0.5) is 10.1 Å². The van der Waals surface area contributed by atoms with E-state index >= 15 is 0 Å². The standard InChI is InChI=1S/C10H14FN3O3S/c11-9-7-8(12)1-2-10(9)18(15,16)13-14-3-5-17-6-4-14/h1-2,7,13H,3-6,12H2. The number of hydrogen-bond donors (Lipinski definition) is 2. The molecule has 1 heterocycles. The van der Waals surface area contributed by atoms with Crippen LogP contribution in [0, 0.1) is 5.82 Å². The number of sulfonamides is 1. The van der Waals surface area contributed by atoms with E-state index in [-0.39, 0.29) is 5.69 Å². The fourth-order valence-corrected chi connectivity index (χ4v) is 2.79. The predicted molar refractivity (Wildman–Crippen MR) is 63.5 cm³/mol. The average Bonchev–Trinajstić information content (AvgIpc) is 2.29. The predicted octanol–water partition coefficient (Wildman–Crippen LogP) is -0.0666. The average molecular weight is 275 g/mol. The molecule has 1 aliphatic rings. The molecule has 1 saturated heterocycles. The Labute approximate surface area is 105 Å². The number of anilines is 1. The maximum Gasteiger partial charge on any atom is 0.256 e. The number of ether oxygens (including phenoxy) is 1. The van der Waals surface area contributed by atoms with Gasteiger partial charge in [0.2, 0.25) is 0 Å². The second-order valence-corrected chi connectivity index (χ2v) is 5.51. The number of halogens is 1. The molecule has 0 atom stereocenters. The summed E-state index contributed by atoms with van der Waals surface area (Å²) >= 11 is 0. The van der Waals surface area contributed by atoms with Gasteiger partial charge in [-0.15, -0.1) is 4.83 Å². The van der Waals surface area contributed by atoms with Crippen molar-refractivity contribution in [3.63, 3.8) is 0 Å². The van der Waals surface area contributed by atoms with Gasteiger partial charge in [-0.3, -0.25) is 0 Å². The van der Waals surface area contributed by atoms with E-state index in [2.05, 4.69) is 4.83 Å². The van der Waals surface area contributed by atoms with Crippen LogP contribution in [0.5, 0.6) is 0 Å². The number of nitrogens with one attached hydrogen (secondary N) is 1. The molecule has 1 fully saturated rings. The minimum Gasteiger partial charge on any atom is -0.399 e. The minimum atomic E-state index is -3.92. The summed E-state index contributed by atoms with van der Waals surface area (Å²) in [5.74, 6) is -0.865. The van der Waals surface area contributed by atoms with Crippen molar-refractivity contribution in [2.75, 3.05) is 32.0 Å². The number of nitrogens with zero attached hydrogens (tertiary/aromatic N) is 1. The Hall–Kier alpha value is -1.22. The van der Waals surface area contributed by atoms with Crippen LogP contribution in [0.3, 0.4) is 0 Å². The number of nitrogen functional groups attached to an aromatic ring is 1. The van der Waals surface area contributed by atoms with E-state index in [9.17, 15) is 12.8 Å². The lowest BCUT2D eigenvalue weighted by Crippen LogP contribution is -2.48. The summed E-state index contributed by atoms with van der Waals surface area (Å²) in [6.07, 6.45) is 0. The van der Waals surface area contributed by atoms with Gasteiger partial charge < -0.3 is 10.5 Å². The molecule has 100 valence electrons. The largest absolute Gasteiger partial charge is 0.399 e. The first-order valence-corrected chi connectivity index (χ1v) is 6.87. The first-order valence-electron chi connectivity index (χ1n) is 5.39. The van der Waals surface area contributed by atoms with E-state index in [0.717, 1.165) is 12.1 Å². The van der Waals surface area contributed by atoms with Crippen molar-refractivity contribution in [2.24, 2.45) is 0 Å². The smallest absolute Gasteiger partial charge is 0.256 e. The first-order chi connectivity index (χ1) is 8.49. The molecule has 1 aliphatic heterocycles. The molecule has 8 heteroatoms. The highest BCUT2D eigenvalue weighted by Crippen LogP contribution is 2.17. The molecule has 1 aromatic rings. The molecule has 0 radical (unpaired) electrons. The molecule has 0 aliphatic carbocycles. The molecule has 18 heavy (non-hydrogen) atoms. The lowest BCUT2D eigenvalue weighted by Gasteiger charge is -2.26. The number of hydrazine groups is 1. The Balaban J connectivity index is 2.19. The fraction of sp³-hybridized carbons (Fsp3) is 0.400. The maximum atomic E-state index is 13.6. The van der Waals surface area contributed by atoms with Gasteiger partial charge >= 0.3 is 0 Å². The Kier molecular flexibility index (Phi) is 3.81. The van der Waals surface area contributed by atoms with Crippen molar-refractivity contribution in [3.8, 4) is 0 Å². The normalized spacial score (nSPS) is 17.8. The minimum absolute atomic E-state index is 0.179. The van der Waals surface area contributed by atoms with Gasteiger partial charge in [0.05, 0.1) is 13.2 Å². The van der Waals surface area contributed by atoms with Crippen molar-refractivity contribution in [1.29, 1.82) is 0 Å². The third-order valence-electron chi connectivity index (χ3n) is 2.51. The Morgan fingerprint density at radius 2 is 2.00 bits per heavy atom. The zero-order valence-electron chi connectivity index (χ0n) is 9.60. The van der Waals surface area contributed by atoms with Crippen LogP contribution in [0.15, 0.2) is 23.1 Å². The van der Waals surface area contributed by atoms with E-state index in [4.69, 9.17) is 10.5 Å². The van der Waals surface area contributed by atoms with Crippen LogP contribution >= 0.6 is 0 Å². The van der Waals surface area contributed by atoms with Crippen LogP contribution in [-0.4, -0.2) is 39.7 Å². The van der Waals surface area contributed by atoms with E-state index in [1.807, 2.05) is 0 Å². The Morgan fingerprint density at radius 1 is 1.33 bits per heavy atom. The highest BCUT2D eigenvalue weighted by atomic mass is 32.2. The van der Waals surface area contributed by atoms with Gasteiger partial charge in [-0.25, -0.2) is 17.8 Å². The molecule has 6 nitrogen and oxygen atoms in total. The van der Waals surface area contributed by atoms with Crippen LogP contribution < -0.4 is 10.6 Å². The highest BCUT2D eigenvalue weighted by molar-refractivity contribution is 7.89. The van der Waals surface area contributed by atoms with Crippen molar-refractivity contribution in [3.05, 3.63) is 24.0 Å². The van der Waals surface area contributed by atoms with Crippen LogP contribution in [0.1, 0.15) is 0 Å². The van der Waals surface area contributed by atoms with Crippen LogP contribution in [-0.2, 0) is 14.8 Å². The zero-order valence-corrected chi connectivity index (χ0v) is 10.4. The summed E-state index contributed by atoms with van der Waals surface area (Å²) < 4.78 is 42.6. The second-order valence-electron chi connectivity index (χ2n) is 3.88. The van der Waals surface area contributed by atoms with E-state index < -0.39 is 20.7 Å². The molecule has 0 bridgehead atoms. The fourth-order valence-electron chi connectivity index (χ4n) is 1.61. The number of morpholine rings is 1. The van der Waals surface area contributed by atoms with Crippen LogP contribution in [0.2, 0.25) is 0 Å². The molecule has 0 spiro atoms. The summed E-state index contributed by atoms with van der Waals surface area (Å²) in [7, 11) is -3.92. The summed E-state index contributed by atoms with van der Waals surface area (Å²) in [6, 6.07) is 3.47. The quantitative estimate of drug-likeness (QED) is 0.755. The maximum absolute atomic E-state index is 13.6. The van der Waals surface area contributed by atoms with Gasteiger partial charge in [-0.2, -0.15) is 0 Å². The summed E-state index contributed by atoms with van der Waals surface area (Å²) in [5, 5.41) is 1.48. The molecule has 0 aromatic heterocycles. The lowest BCUT2D eigenvalue weighted by molar-refractivity contribution is 0.0272. The van der Waals surface area contributed by atoms with Crippen LogP contribution in [0.25, 0.3) is 0 Å². The number of rotatable bonds is 3. The number of nitrogens with two attached hydrogens (primary N) is 1. The van der Waals surface area contributed by atoms with E-state index in [1.165, 1.54) is 11.1 Å². The highest BCUT2D eigenvalue weighted by Gasteiger charge is 2.23. The molecular formula is C10H14FN3O3S. The van der Waals surface area contributed by atoms with Gasteiger partial charge in [0.25, 0.3) is 10.0 Å². The van der Waals surface area contributed by atoms with Crippen molar-refractivity contribution in [2.45, 2.75) is 4.90 Å². The van der Waals surface area contributed by atoms with Crippen molar-refractivity contribution in [1.82, 2.24) is 9.84 Å². The van der Waals surface area contributed by atoms with Gasteiger partial charge in [0, 0.05) is 18.8 Å². The summed E-state index contributed by atoms with van der Waals surface area (Å²) in [6.45, 7) is 1.73. The van der Waals surface area contributed by atoms with Gasteiger partial charge in [0.1, 0.15) is 10.7 Å². The van der Waals surface area contributed by atoms with E-state index in [1.54, 1.807) is 0 Å². The first kappa shape index (κ1) is 13.2. The molecule has 2 rings (SSSR count). The van der Waals surface area contributed by atoms with E-state index in [0.29, 0.717) is 26.3 Å². The van der Waals surface area contributed by atoms with Gasteiger partial charge in [0.15, 0.2) is 0 Å². The SMILES string of the molecule is Nc1ccc(S(=O)(=O)NN2CCOCC2)c(F)c1. The van der Waals surface area contributed by atoms with Gasteiger partial charge in [-0.1, -0.05) is 0 Å². The molecule has 3 N–H and O–H groups in total. The summed E-state index contributed by atoms with van der Waals surface area (Å²) in [5.41, 5.74) is 5.55. The molecule has 0 amide bonds. The summed E-state index contributed by atoms with van der Waals surface area (Å²) in [4.78, 5) is 1.90.